The number of nitrogens with one attached hydrogen (secondary N) is 1. The summed E-state index contributed by atoms with van der Waals surface area (Å²) >= 11 is 0. The number of benzene rings is 1. The topological polar surface area (TPSA) is 65.5 Å². The molecule has 2 aromatic rings. The molecule has 3 unspecified atom stereocenters. The molecular weight excluding hydrogens is 388 g/mol. The van der Waals surface area contributed by atoms with E-state index in [0.717, 1.165) is 17.7 Å². The van der Waals surface area contributed by atoms with E-state index in [-0.39, 0.29) is 42.2 Å². The summed E-state index contributed by atoms with van der Waals surface area (Å²) in [6, 6.07) is 13.8. The maximum absolute atomic E-state index is 13.3. The minimum atomic E-state index is -0.282. The molecule has 7 heteroatoms. The fourth-order valence-electron chi connectivity index (χ4n) is 4.26. The lowest BCUT2D eigenvalue weighted by Crippen LogP contribution is -2.50. The van der Waals surface area contributed by atoms with E-state index < -0.39 is 0 Å². The summed E-state index contributed by atoms with van der Waals surface area (Å²) in [6.45, 7) is 4.65. The summed E-state index contributed by atoms with van der Waals surface area (Å²) in [5, 5.41) is 3.37. The lowest BCUT2D eigenvalue weighted by atomic mass is 10.0. The van der Waals surface area contributed by atoms with E-state index in [4.69, 9.17) is 0 Å². The Morgan fingerprint density at radius 3 is 2.72 bits per heavy atom. The molecule has 29 heavy (non-hydrogen) atoms. The molecule has 0 bridgehead atoms. The summed E-state index contributed by atoms with van der Waals surface area (Å²) in [5.74, 6) is -0.148. The first-order chi connectivity index (χ1) is 13.6. The zero-order valence-electron chi connectivity index (χ0n) is 16.5. The quantitative estimate of drug-likeness (QED) is 0.835. The Hall–Kier alpha value is -2.44. The van der Waals surface area contributed by atoms with Gasteiger partial charge in [0.25, 0.3) is 0 Å². The van der Waals surface area contributed by atoms with E-state index in [9.17, 15) is 9.59 Å². The molecule has 1 aromatic heterocycles. The van der Waals surface area contributed by atoms with Crippen molar-refractivity contribution in [3.05, 3.63) is 66.0 Å². The van der Waals surface area contributed by atoms with Crippen molar-refractivity contribution in [3.8, 4) is 0 Å². The number of hydrogen-bond donors (Lipinski definition) is 1. The van der Waals surface area contributed by atoms with Gasteiger partial charge in [0.2, 0.25) is 11.8 Å². The van der Waals surface area contributed by atoms with Gasteiger partial charge in [-0.3, -0.25) is 14.6 Å². The predicted molar refractivity (Wildman–Crippen MR) is 113 cm³/mol. The molecule has 3 heterocycles. The molecule has 2 fully saturated rings. The maximum atomic E-state index is 13.3. The van der Waals surface area contributed by atoms with E-state index in [1.165, 1.54) is 0 Å². The van der Waals surface area contributed by atoms with Crippen LogP contribution in [0.1, 0.15) is 36.6 Å². The van der Waals surface area contributed by atoms with Crippen molar-refractivity contribution in [3.63, 3.8) is 0 Å². The van der Waals surface area contributed by atoms with E-state index in [0.29, 0.717) is 26.1 Å². The molecule has 6 nitrogen and oxygen atoms in total. The molecule has 0 spiro atoms. The van der Waals surface area contributed by atoms with Crippen LogP contribution < -0.4 is 5.32 Å². The summed E-state index contributed by atoms with van der Waals surface area (Å²) in [4.78, 5) is 34.0. The fraction of sp³-hybridized carbons (Fsp3) is 0.409. The van der Waals surface area contributed by atoms with Gasteiger partial charge >= 0.3 is 0 Å². The standard InChI is InChI=1S/C22H26N4O2.ClH/c1-16(17-6-3-2-4-7-17)26-15-19(12-21(26)27)22(28)25-11-10-24-14-20(25)18-8-5-9-23-13-18;/h2-9,13,16,19-20,24H,10-12,14-15H2,1H3;1H. The molecule has 154 valence electrons. The van der Waals surface area contributed by atoms with Crippen molar-refractivity contribution in [2.75, 3.05) is 26.2 Å². The van der Waals surface area contributed by atoms with Gasteiger partial charge in [0.15, 0.2) is 0 Å². The summed E-state index contributed by atoms with van der Waals surface area (Å²) in [7, 11) is 0. The molecule has 2 aliphatic heterocycles. The molecule has 3 atom stereocenters. The highest BCUT2D eigenvalue weighted by atomic mass is 35.5. The van der Waals surface area contributed by atoms with Crippen molar-refractivity contribution < 1.29 is 9.59 Å². The first-order valence-corrected chi connectivity index (χ1v) is 9.90. The molecule has 1 aromatic carbocycles. The van der Waals surface area contributed by atoms with E-state index in [2.05, 4.69) is 10.3 Å². The van der Waals surface area contributed by atoms with Crippen LogP contribution in [0.25, 0.3) is 0 Å². The van der Waals surface area contributed by atoms with Crippen molar-refractivity contribution in [2.24, 2.45) is 5.92 Å². The summed E-state index contributed by atoms with van der Waals surface area (Å²) in [6.07, 6.45) is 3.85. The third-order valence-electron chi connectivity index (χ3n) is 5.85. The fourth-order valence-corrected chi connectivity index (χ4v) is 4.26. The third-order valence-corrected chi connectivity index (χ3v) is 5.85. The number of piperazine rings is 1. The number of rotatable bonds is 4. The van der Waals surface area contributed by atoms with Crippen molar-refractivity contribution >= 4 is 24.2 Å². The molecule has 0 saturated carbocycles. The van der Waals surface area contributed by atoms with E-state index >= 15 is 0 Å². The molecule has 2 saturated heterocycles. The number of halogens is 1. The number of amides is 2. The molecule has 0 aliphatic carbocycles. The van der Waals surface area contributed by atoms with Crippen LogP contribution >= 0.6 is 12.4 Å². The SMILES string of the molecule is CC(c1ccccc1)N1CC(C(=O)N2CCNCC2c2cccnc2)CC1=O.Cl. The van der Waals surface area contributed by atoms with Crippen LogP contribution in [0.5, 0.6) is 0 Å². The van der Waals surface area contributed by atoms with Crippen LogP contribution in [0.2, 0.25) is 0 Å². The van der Waals surface area contributed by atoms with Crippen molar-refractivity contribution in [1.29, 1.82) is 0 Å². The smallest absolute Gasteiger partial charge is 0.228 e. The first kappa shape index (κ1) is 21.3. The molecule has 2 amide bonds. The molecular formula is C22H27ClN4O2. The first-order valence-electron chi connectivity index (χ1n) is 9.90. The highest BCUT2D eigenvalue weighted by molar-refractivity contribution is 5.89. The lowest BCUT2D eigenvalue weighted by molar-refractivity contribution is -0.139. The van der Waals surface area contributed by atoms with Gasteiger partial charge in [-0.1, -0.05) is 36.4 Å². The van der Waals surface area contributed by atoms with Gasteiger partial charge in [0.05, 0.1) is 18.0 Å². The van der Waals surface area contributed by atoms with Crippen LogP contribution in [-0.2, 0) is 9.59 Å². The van der Waals surface area contributed by atoms with Crippen molar-refractivity contribution in [1.82, 2.24) is 20.1 Å². The van der Waals surface area contributed by atoms with Crippen LogP contribution in [0.15, 0.2) is 54.9 Å². The highest BCUT2D eigenvalue weighted by Crippen LogP contribution is 2.31. The van der Waals surface area contributed by atoms with Gasteiger partial charge in [0, 0.05) is 45.0 Å². The van der Waals surface area contributed by atoms with Crippen molar-refractivity contribution in [2.45, 2.75) is 25.4 Å². The van der Waals surface area contributed by atoms with Crippen LogP contribution in [0.4, 0.5) is 0 Å². The van der Waals surface area contributed by atoms with Gasteiger partial charge in [-0.15, -0.1) is 12.4 Å². The van der Waals surface area contributed by atoms with Gasteiger partial charge < -0.3 is 15.1 Å². The van der Waals surface area contributed by atoms with Crippen LogP contribution in [0.3, 0.4) is 0 Å². The number of likely N-dealkylation sites (tertiary alicyclic amines) is 1. The number of pyridine rings is 1. The average molecular weight is 415 g/mol. The number of nitrogens with zero attached hydrogens (tertiary/aromatic N) is 3. The van der Waals surface area contributed by atoms with Crippen LogP contribution in [0, 0.1) is 5.92 Å². The minimum absolute atomic E-state index is 0. The second kappa shape index (κ2) is 9.37. The Morgan fingerprint density at radius 2 is 2.00 bits per heavy atom. The Bertz CT molecular complexity index is 833. The molecule has 1 N–H and O–H groups in total. The summed E-state index contributed by atoms with van der Waals surface area (Å²) in [5.41, 5.74) is 2.13. The predicted octanol–water partition coefficient (Wildman–Crippen LogP) is 2.59. The number of aromatic nitrogens is 1. The Morgan fingerprint density at radius 1 is 1.21 bits per heavy atom. The third kappa shape index (κ3) is 4.43. The molecule has 4 rings (SSSR count). The van der Waals surface area contributed by atoms with E-state index in [1.54, 1.807) is 6.20 Å². The molecule has 0 radical (unpaired) electrons. The number of carbonyl (C=O) groups excluding carboxylic acids is 2. The van der Waals surface area contributed by atoms with Gasteiger partial charge in [0.1, 0.15) is 0 Å². The molecule has 2 aliphatic rings. The van der Waals surface area contributed by atoms with Gasteiger partial charge in [-0.05, 0) is 24.1 Å². The average Bonchev–Trinajstić information content (AvgIpc) is 3.15. The second-order valence-electron chi connectivity index (χ2n) is 7.57. The Labute approximate surface area is 177 Å². The highest BCUT2D eigenvalue weighted by Gasteiger charge is 2.41. The normalized spacial score (nSPS) is 22.9. The van der Waals surface area contributed by atoms with Gasteiger partial charge in [-0.2, -0.15) is 0 Å². The monoisotopic (exact) mass is 414 g/mol. The van der Waals surface area contributed by atoms with Gasteiger partial charge in [-0.25, -0.2) is 0 Å². The largest absolute Gasteiger partial charge is 0.335 e. The number of hydrogen-bond acceptors (Lipinski definition) is 4. The Balaban J connectivity index is 0.00000240. The minimum Gasteiger partial charge on any atom is -0.335 e. The lowest BCUT2D eigenvalue weighted by Gasteiger charge is -2.38. The van der Waals surface area contributed by atoms with Crippen LogP contribution in [-0.4, -0.2) is 52.8 Å². The summed E-state index contributed by atoms with van der Waals surface area (Å²) < 4.78 is 0. The number of carbonyl (C=O) groups is 2. The zero-order chi connectivity index (χ0) is 19.5. The van der Waals surface area contributed by atoms with E-state index in [1.807, 2.05) is 65.4 Å². The zero-order valence-corrected chi connectivity index (χ0v) is 17.3. The second-order valence-corrected chi connectivity index (χ2v) is 7.57. The maximum Gasteiger partial charge on any atom is 0.228 e. The Kier molecular flexibility index (Phi) is 6.87.